The second-order valence-electron chi connectivity index (χ2n) is 4.84. The van der Waals surface area contributed by atoms with Crippen molar-refractivity contribution in [3.63, 3.8) is 0 Å². The number of hydrogen-bond donors (Lipinski definition) is 2. The molecule has 2 amide bonds. The lowest BCUT2D eigenvalue weighted by molar-refractivity contribution is 0.251. The average Bonchev–Trinajstić information content (AvgIpc) is 2.91. The zero-order valence-corrected chi connectivity index (χ0v) is 13.0. The standard InChI is InChI=1S/C15H18N6O2/c1-3-6-23-13-5-4-11(8-17-13)9-18-15(22)19-14-12(7-16)10-21(2)20-14/h4-5,8,10H,3,6,9H2,1-2H3,(H2,18,19,20,22). The minimum Gasteiger partial charge on any atom is -0.478 e. The van der Waals surface area contributed by atoms with Crippen LogP contribution in [0.3, 0.4) is 0 Å². The summed E-state index contributed by atoms with van der Waals surface area (Å²) in [7, 11) is 1.68. The summed E-state index contributed by atoms with van der Waals surface area (Å²) in [6.45, 7) is 2.95. The smallest absolute Gasteiger partial charge is 0.320 e. The molecule has 0 radical (unpaired) electrons. The lowest BCUT2D eigenvalue weighted by Crippen LogP contribution is -2.28. The molecule has 2 aromatic rings. The summed E-state index contributed by atoms with van der Waals surface area (Å²) in [6, 6.07) is 5.12. The molecule has 120 valence electrons. The predicted molar refractivity (Wildman–Crippen MR) is 83.8 cm³/mol. The topological polar surface area (TPSA) is 105 Å². The van der Waals surface area contributed by atoms with Crippen LogP contribution in [0.2, 0.25) is 0 Å². The van der Waals surface area contributed by atoms with Crippen LogP contribution in [0.5, 0.6) is 5.88 Å². The number of urea groups is 1. The zero-order valence-electron chi connectivity index (χ0n) is 13.0. The highest BCUT2D eigenvalue weighted by molar-refractivity contribution is 5.89. The number of aryl methyl sites for hydroxylation is 1. The fraction of sp³-hybridized carbons (Fsp3) is 0.333. The van der Waals surface area contributed by atoms with E-state index in [9.17, 15) is 4.79 Å². The lowest BCUT2D eigenvalue weighted by Gasteiger charge is -2.07. The highest BCUT2D eigenvalue weighted by Crippen LogP contribution is 2.11. The number of nitriles is 1. The monoisotopic (exact) mass is 314 g/mol. The van der Waals surface area contributed by atoms with Crippen LogP contribution in [0.15, 0.2) is 24.5 Å². The molecule has 8 nitrogen and oxygen atoms in total. The van der Waals surface area contributed by atoms with Gasteiger partial charge in [-0.3, -0.25) is 10.00 Å². The fourth-order valence-electron chi connectivity index (χ4n) is 1.80. The minimum absolute atomic E-state index is 0.230. The number of nitrogens with zero attached hydrogens (tertiary/aromatic N) is 4. The number of nitrogens with one attached hydrogen (secondary N) is 2. The second kappa shape index (κ2) is 7.79. The Balaban J connectivity index is 1.85. The number of carbonyl (C=O) groups excluding carboxylic acids is 1. The molecule has 0 bridgehead atoms. The minimum atomic E-state index is -0.438. The van der Waals surface area contributed by atoms with Crippen molar-refractivity contribution in [1.29, 1.82) is 5.26 Å². The molecule has 0 unspecified atom stereocenters. The van der Waals surface area contributed by atoms with E-state index in [0.717, 1.165) is 12.0 Å². The van der Waals surface area contributed by atoms with E-state index >= 15 is 0 Å². The van der Waals surface area contributed by atoms with Crippen LogP contribution < -0.4 is 15.4 Å². The Labute approximate surface area is 134 Å². The molecule has 2 heterocycles. The lowest BCUT2D eigenvalue weighted by atomic mass is 10.3. The Morgan fingerprint density at radius 3 is 2.96 bits per heavy atom. The Kier molecular flexibility index (Phi) is 5.52. The van der Waals surface area contributed by atoms with Crippen LogP contribution in [0, 0.1) is 11.3 Å². The maximum Gasteiger partial charge on any atom is 0.320 e. The summed E-state index contributed by atoms with van der Waals surface area (Å²) in [4.78, 5) is 16.0. The highest BCUT2D eigenvalue weighted by Gasteiger charge is 2.10. The number of aromatic nitrogens is 3. The van der Waals surface area contributed by atoms with Gasteiger partial charge in [-0.2, -0.15) is 10.4 Å². The molecule has 0 spiro atoms. The molecule has 0 saturated carbocycles. The number of rotatable bonds is 6. The molecule has 2 rings (SSSR count). The Bertz CT molecular complexity index is 702. The van der Waals surface area contributed by atoms with E-state index in [-0.39, 0.29) is 5.82 Å². The van der Waals surface area contributed by atoms with Gasteiger partial charge in [0.25, 0.3) is 0 Å². The van der Waals surface area contributed by atoms with Crippen molar-refractivity contribution in [2.24, 2.45) is 7.05 Å². The Morgan fingerprint density at radius 1 is 1.48 bits per heavy atom. The SMILES string of the molecule is CCCOc1ccc(CNC(=O)Nc2nn(C)cc2C#N)cn1. The molecule has 0 atom stereocenters. The van der Waals surface area contributed by atoms with Gasteiger partial charge in [0.1, 0.15) is 11.6 Å². The first-order valence-electron chi connectivity index (χ1n) is 7.18. The zero-order chi connectivity index (χ0) is 16.7. The van der Waals surface area contributed by atoms with Gasteiger partial charge < -0.3 is 10.1 Å². The van der Waals surface area contributed by atoms with Gasteiger partial charge in [0, 0.05) is 32.1 Å². The van der Waals surface area contributed by atoms with Crippen LogP contribution >= 0.6 is 0 Å². The third kappa shape index (κ3) is 4.71. The van der Waals surface area contributed by atoms with Crippen molar-refractivity contribution < 1.29 is 9.53 Å². The summed E-state index contributed by atoms with van der Waals surface area (Å²) >= 11 is 0. The Hall–Kier alpha value is -3.08. The van der Waals surface area contributed by atoms with Crippen LogP contribution in [0.25, 0.3) is 0 Å². The van der Waals surface area contributed by atoms with Gasteiger partial charge in [0.2, 0.25) is 5.88 Å². The summed E-state index contributed by atoms with van der Waals surface area (Å²) in [5.74, 6) is 0.793. The maximum atomic E-state index is 11.8. The number of pyridine rings is 1. The fourth-order valence-corrected chi connectivity index (χ4v) is 1.80. The first-order valence-corrected chi connectivity index (χ1v) is 7.18. The number of ether oxygens (including phenoxy) is 1. The summed E-state index contributed by atoms with van der Waals surface area (Å²) < 4.78 is 6.86. The second-order valence-corrected chi connectivity index (χ2v) is 4.84. The van der Waals surface area contributed by atoms with E-state index in [1.807, 2.05) is 19.1 Å². The van der Waals surface area contributed by atoms with E-state index < -0.39 is 6.03 Å². The van der Waals surface area contributed by atoms with Crippen LogP contribution in [-0.2, 0) is 13.6 Å². The summed E-state index contributed by atoms with van der Waals surface area (Å²) in [6.07, 6.45) is 4.10. The molecule has 2 aromatic heterocycles. The van der Waals surface area contributed by atoms with Gasteiger partial charge in [0.05, 0.1) is 6.61 Å². The number of anilines is 1. The first-order chi connectivity index (χ1) is 11.1. The maximum absolute atomic E-state index is 11.8. The van der Waals surface area contributed by atoms with E-state index in [4.69, 9.17) is 10.00 Å². The molecule has 0 fully saturated rings. The van der Waals surface area contributed by atoms with Crippen molar-refractivity contribution in [3.8, 4) is 11.9 Å². The molecule has 0 aromatic carbocycles. The van der Waals surface area contributed by atoms with Crippen LogP contribution in [0.4, 0.5) is 10.6 Å². The molecule has 0 aliphatic rings. The quantitative estimate of drug-likeness (QED) is 0.846. The third-order valence-electron chi connectivity index (χ3n) is 2.89. The molecular weight excluding hydrogens is 296 g/mol. The molecule has 2 N–H and O–H groups in total. The first kappa shape index (κ1) is 16.3. The van der Waals surface area contributed by atoms with Gasteiger partial charge in [-0.25, -0.2) is 9.78 Å². The van der Waals surface area contributed by atoms with Crippen molar-refractivity contribution in [2.75, 3.05) is 11.9 Å². The normalized spacial score (nSPS) is 9.96. The van der Waals surface area contributed by atoms with Crippen molar-refractivity contribution >= 4 is 11.8 Å². The predicted octanol–water partition coefficient (Wildman–Crippen LogP) is 1.80. The Morgan fingerprint density at radius 2 is 2.30 bits per heavy atom. The highest BCUT2D eigenvalue weighted by atomic mass is 16.5. The molecular formula is C15H18N6O2. The van der Waals surface area contributed by atoms with E-state index in [0.29, 0.717) is 24.6 Å². The average molecular weight is 314 g/mol. The summed E-state index contributed by atoms with van der Waals surface area (Å²) in [5.41, 5.74) is 1.15. The van der Waals surface area contributed by atoms with Crippen molar-refractivity contribution in [3.05, 3.63) is 35.7 Å². The molecule has 0 aliphatic carbocycles. The molecule has 0 saturated heterocycles. The van der Waals surface area contributed by atoms with Crippen LogP contribution in [-0.4, -0.2) is 27.4 Å². The van der Waals surface area contributed by atoms with Gasteiger partial charge >= 0.3 is 6.03 Å². The number of amides is 2. The van der Waals surface area contributed by atoms with Crippen molar-refractivity contribution in [2.45, 2.75) is 19.9 Å². The van der Waals surface area contributed by atoms with Gasteiger partial charge in [0.15, 0.2) is 5.82 Å². The summed E-state index contributed by atoms with van der Waals surface area (Å²) in [5, 5.41) is 18.2. The van der Waals surface area contributed by atoms with E-state index in [1.54, 1.807) is 19.3 Å². The largest absolute Gasteiger partial charge is 0.478 e. The molecule has 8 heteroatoms. The number of carbonyl (C=O) groups is 1. The molecule has 23 heavy (non-hydrogen) atoms. The van der Waals surface area contributed by atoms with E-state index in [1.165, 1.54) is 10.9 Å². The van der Waals surface area contributed by atoms with E-state index in [2.05, 4.69) is 20.7 Å². The van der Waals surface area contributed by atoms with Gasteiger partial charge in [-0.1, -0.05) is 13.0 Å². The third-order valence-corrected chi connectivity index (χ3v) is 2.89. The van der Waals surface area contributed by atoms with Crippen molar-refractivity contribution in [1.82, 2.24) is 20.1 Å². The van der Waals surface area contributed by atoms with Gasteiger partial charge in [-0.15, -0.1) is 0 Å². The van der Waals surface area contributed by atoms with Gasteiger partial charge in [-0.05, 0) is 12.0 Å². The molecule has 0 aliphatic heterocycles. The number of hydrogen-bond acceptors (Lipinski definition) is 5. The van der Waals surface area contributed by atoms with Crippen LogP contribution in [0.1, 0.15) is 24.5 Å².